The summed E-state index contributed by atoms with van der Waals surface area (Å²) in [6.45, 7) is 2.60. The van der Waals surface area contributed by atoms with Crippen molar-refractivity contribution >= 4 is 29.3 Å². The summed E-state index contributed by atoms with van der Waals surface area (Å²) in [7, 11) is 0. The quantitative estimate of drug-likeness (QED) is 0.594. The molecule has 0 radical (unpaired) electrons. The second-order valence-corrected chi connectivity index (χ2v) is 6.86. The molecule has 1 amide bonds. The molecule has 1 unspecified atom stereocenters. The Morgan fingerprint density at radius 3 is 2.55 bits per heavy atom. The van der Waals surface area contributed by atoms with E-state index in [0.717, 1.165) is 17.7 Å². The lowest BCUT2D eigenvalue weighted by molar-refractivity contribution is -0.120. The van der Waals surface area contributed by atoms with Crippen molar-refractivity contribution in [1.82, 2.24) is 5.32 Å². The molecule has 2 nitrogen and oxygen atoms in total. The molecular weight excluding hydrogens is 314 g/mol. The van der Waals surface area contributed by atoms with Gasteiger partial charge in [0, 0.05) is 11.4 Å². The third-order valence-electron chi connectivity index (χ3n) is 3.29. The molecule has 22 heavy (non-hydrogen) atoms. The highest BCUT2D eigenvalue weighted by molar-refractivity contribution is 8.00. The van der Waals surface area contributed by atoms with Crippen LogP contribution in [0.2, 0.25) is 5.02 Å². The number of benzene rings is 2. The van der Waals surface area contributed by atoms with Crippen LogP contribution in [-0.4, -0.2) is 17.7 Å². The molecule has 2 aromatic carbocycles. The molecule has 2 rings (SSSR count). The summed E-state index contributed by atoms with van der Waals surface area (Å²) in [6.07, 6.45) is 1.92. The molecule has 0 aliphatic rings. The fraction of sp³-hybridized carbons (Fsp3) is 0.278. The summed E-state index contributed by atoms with van der Waals surface area (Å²) < 4.78 is 0. The number of halogens is 1. The highest BCUT2D eigenvalue weighted by atomic mass is 35.5. The Labute approximate surface area is 141 Å². The van der Waals surface area contributed by atoms with E-state index in [1.807, 2.05) is 49.4 Å². The second kappa shape index (κ2) is 8.86. The monoisotopic (exact) mass is 333 g/mol. The van der Waals surface area contributed by atoms with Crippen molar-refractivity contribution in [2.24, 2.45) is 0 Å². The van der Waals surface area contributed by atoms with Gasteiger partial charge < -0.3 is 5.32 Å². The van der Waals surface area contributed by atoms with E-state index in [9.17, 15) is 4.79 Å². The van der Waals surface area contributed by atoms with E-state index in [0.29, 0.717) is 11.6 Å². The van der Waals surface area contributed by atoms with Crippen LogP contribution in [0.3, 0.4) is 0 Å². The predicted octanol–water partition coefficient (Wildman–Crippen LogP) is 4.57. The molecule has 0 aliphatic heterocycles. The second-order valence-electron chi connectivity index (χ2n) is 5.07. The summed E-state index contributed by atoms with van der Waals surface area (Å²) >= 11 is 7.60. The third-order valence-corrected chi connectivity index (χ3v) is 4.91. The summed E-state index contributed by atoms with van der Waals surface area (Å²) in [4.78, 5) is 13.0. The standard InChI is InChI=1S/C18H20ClNOS/c1-14(22-17-12-6-5-11-16(17)19)18(21)20-13-7-10-15-8-3-2-4-9-15/h2-6,8-9,11-12,14H,7,10,13H2,1H3,(H,20,21). The lowest BCUT2D eigenvalue weighted by Crippen LogP contribution is -2.31. The van der Waals surface area contributed by atoms with Crippen LogP contribution in [0.4, 0.5) is 0 Å². The highest BCUT2D eigenvalue weighted by Gasteiger charge is 2.15. The number of thioether (sulfide) groups is 1. The maximum atomic E-state index is 12.1. The molecule has 2 aromatic rings. The molecule has 1 atom stereocenters. The predicted molar refractivity (Wildman–Crippen MR) is 94.5 cm³/mol. The van der Waals surface area contributed by atoms with Crippen LogP contribution in [0.15, 0.2) is 59.5 Å². The van der Waals surface area contributed by atoms with Gasteiger partial charge in [0.15, 0.2) is 0 Å². The molecule has 0 aliphatic carbocycles. The van der Waals surface area contributed by atoms with Crippen molar-refractivity contribution in [2.75, 3.05) is 6.54 Å². The van der Waals surface area contributed by atoms with Crippen molar-refractivity contribution < 1.29 is 4.79 Å². The lowest BCUT2D eigenvalue weighted by Gasteiger charge is -2.12. The Morgan fingerprint density at radius 2 is 1.82 bits per heavy atom. The van der Waals surface area contributed by atoms with Crippen molar-refractivity contribution in [1.29, 1.82) is 0 Å². The zero-order valence-electron chi connectivity index (χ0n) is 12.6. The van der Waals surface area contributed by atoms with E-state index in [1.165, 1.54) is 17.3 Å². The van der Waals surface area contributed by atoms with E-state index < -0.39 is 0 Å². The van der Waals surface area contributed by atoms with Gasteiger partial charge in [-0.2, -0.15) is 0 Å². The summed E-state index contributed by atoms with van der Waals surface area (Å²) in [5, 5.41) is 3.52. The first-order chi connectivity index (χ1) is 10.7. The number of rotatable bonds is 7. The van der Waals surface area contributed by atoms with Crippen LogP contribution >= 0.6 is 23.4 Å². The minimum Gasteiger partial charge on any atom is -0.355 e. The molecule has 4 heteroatoms. The van der Waals surface area contributed by atoms with Gasteiger partial charge >= 0.3 is 0 Å². The average Bonchev–Trinajstić information content (AvgIpc) is 2.54. The molecule has 0 heterocycles. The maximum absolute atomic E-state index is 12.1. The van der Waals surface area contributed by atoms with Crippen LogP contribution in [0.5, 0.6) is 0 Å². The Hall–Kier alpha value is -1.45. The van der Waals surface area contributed by atoms with Gasteiger partial charge in [-0.3, -0.25) is 4.79 Å². The van der Waals surface area contributed by atoms with Crippen LogP contribution in [0.25, 0.3) is 0 Å². The zero-order chi connectivity index (χ0) is 15.8. The van der Waals surface area contributed by atoms with Gasteiger partial charge in [0.25, 0.3) is 0 Å². The van der Waals surface area contributed by atoms with Crippen molar-refractivity contribution in [2.45, 2.75) is 29.9 Å². The number of aryl methyl sites for hydroxylation is 1. The maximum Gasteiger partial charge on any atom is 0.233 e. The van der Waals surface area contributed by atoms with E-state index >= 15 is 0 Å². The SMILES string of the molecule is CC(Sc1ccccc1Cl)C(=O)NCCCc1ccccc1. The number of hydrogen-bond acceptors (Lipinski definition) is 2. The smallest absolute Gasteiger partial charge is 0.233 e. The van der Waals surface area contributed by atoms with E-state index in [2.05, 4.69) is 17.4 Å². The summed E-state index contributed by atoms with van der Waals surface area (Å²) in [5.74, 6) is 0.0537. The van der Waals surface area contributed by atoms with Gasteiger partial charge in [-0.25, -0.2) is 0 Å². The van der Waals surface area contributed by atoms with Gasteiger partial charge in [0.1, 0.15) is 0 Å². The first kappa shape index (κ1) is 16.9. The zero-order valence-corrected chi connectivity index (χ0v) is 14.2. The molecular formula is C18H20ClNOS. The van der Waals surface area contributed by atoms with Crippen LogP contribution in [0, 0.1) is 0 Å². The summed E-state index contributed by atoms with van der Waals surface area (Å²) in [5.41, 5.74) is 1.30. The fourth-order valence-electron chi connectivity index (χ4n) is 2.08. The normalized spacial score (nSPS) is 11.9. The van der Waals surface area contributed by atoms with Gasteiger partial charge in [0.2, 0.25) is 5.91 Å². The molecule has 116 valence electrons. The van der Waals surface area contributed by atoms with E-state index in [4.69, 9.17) is 11.6 Å². The molecule has 0 fully saturated rings. The van der Waals surface area contributed by atoms with Crippen LogP contribution in [0.1, 0.15) is 18.9 Å². The molecule has 0 spiro atoms. The van der Waals surface area contributed by atoms with Gasteiger partial charge in [-0.15, -0.1) is 11.8 Å². The number of nitrogens with one attached hydrogen (secondary N) is 1. The fourth-order valence-corrected chi connectivity index (χ4v) is 3.26. The molecule has 1 N–H and O–H groups in total. The Bertz CT molecular complexity index is 603. The Balaban J connectivity index is 1.71. The number of amides is 1. The topological polar surface area (TPSA) is 29.1 Å². The first-order valence-electron chi connectivity index (χ1n) is 7.39. The Morgan fingerprint density at radius 1 is 1.14 bits per heavy atom. The first-order valence-corrected chi connectivity index (χ1v) is 8.65. The third kappa shape index (κ3) is 5.39. The van der Waals surface area contributed by atoms with Gasteiger partial charge in [-0.05, 0) is 37.5 Å². The minimum absolute atomic E-state index is 0.0537. The van der Waals surface area contributed by atoms with E-state index in [1.54, 1.807) is 0 Å². The Kier molecular flexibility index (Phi) is 6.81. The van der Waals surface area contributed by atoms with Gasteiger partial charge in [0.05, 0.1) is 10.3 Å². The molecule has 0 saturated carbocycles. The van der Waals surface area contributed by atoms with E-state index in [-0.39, 0.29) is 11.2 Å². The van der Waals surface area contributed by atoms with Crippen molar-refractivity contribution in [3.8, 4) is 0 Å². The van der Waals surface area contributed by atoms with Crippen molar-refractivity contribution in [3.63, 3.8) is 0 Å². The van der Waals surface area contributed by atoms with Crippen molar-refractivity contribution in [3.05, 3.63) is 65.2 Å². The summed E-state index contributed by atoms with van der Waals surface area (Å²) in [6, 6.07) is 17.9. The molecule has 0 bridgehead atoms. The minimum atomic E-state index is -0.156. The van der Waals surface area contributed by atoms with Gasteiger partial charge in [-0.1, -0.05) is 54.1 Å². The number of carbonyl (C=O) groups excluding carboxylic acids is 1. The number of hydrogen-bond donors (Lipinski definition) is 1. The largest absolute Gasteiger partial charge is 0.355 e. The highest BCUT2D eigenvalue weighted by Crippen LogP contribution is 2.29. The molecule has 0 aromatic heterocycles. The average molecular weight is 334 g/mol. The number of carbonyl (C=O) groups is 1. The lowest BCUT2D eigenvalue weighted by atomic mass is 10.1. The van der Waals surface area contributed by atoms with Crippen LogP contribution in [-0.2, 0) is 11.2 Å². The molecule has 0 saturated heterocycles. The van der Waals surface area contributed by atoms with Crippen LogP contribution < -0.4 is 5.32 Å².